The third kappa shape index (κ3) is 5.75. The number of sulfone groups is 1. The van der Waals surface area contributed by atoms with Crippen molar-refractivity contribution < 1.29 is 26.8 Å². The first-order chi connectivity index (χ1) is 16.7. The van der Waals surface area contributed by atoms with E-state index in [0.717, 1.165) is 11.8 Å². The van der Waals surface area contributed by atoms with E-state index >= 15 is 0 Å². The average Bonchev–Trinajstić information content (AvgIpc) is 3.33. The number of halogens is 2. The molecule has 0 saturated carbocycles. The topological polar surface area (TPSA) is 143 Å². The van der Waals surface area contributed by atoms with Gasteiger partial charge in [-0.3, -0.25) is 0 Å². The Morgan fingerprint density at radius 3 is 2.37 bits per heavy atom. The molecule has 0 amide bonds. The molecule has 0 saturated heterocycles. The van der Waals surface area contributed by atoms with Crippen LogP contribution in [-0.4, -0.2) is 46.5 Å². The van der Waals surface area contributed by atoms with Crippen molar-refractivity contribution in [2.75, 3.05) is 23.5 Å². The number of aromatic nitrogens is 4. The summed E-state index contributed by atoms with van der Waals surface area (Å²) in [4.78, 5) is 12.4. The van der Waals surface area contributed by atoms with Crippen LogP contribution in [0.3, 0.4) is 0 Å². The minimum Gasteiger partial charge on any atom is -0.394 e. The molecule has 0 fully saturated rings. The molecule has 35 heavy (non-hydrogen) atoms. The Kier molecular flexibility index (Phi) is 6.98. The van der Waals surface area contributed by atoms with Crippen molar-refractivity contribution in [1.82, 2.24) is 20.1 Å². The first-order valence-electron chi connectivity index (χ1n) is 10.2. The number of benzene rings is 2. The number of nitrogens with one attached hydrogen (secondary N) is 2. The summed E-state index contributed by atoms with van der Waals surface area (Å²) < 4.78 is 54.3. The molecule has 182 valence electrons. The van der Waals surface area contributed by atoms with E-state index in [1.807, 2.05) is 6.07 Å². The predicted molar refractivity (Wildman–Crippen MR) is 123 cm³/mol. The maximum Gasteiger partial charge on any atom is 0.300 e. The lowest BCUT2D eigenvalue weighted by atomic mass is 10.1. The van der Waals surface area contributed by atoms with Crippen molar-refractivity contribution in [3.05, 3.63) is 72.2 Å². The molecule has 0 unspecified atom stereocenters. The zero-order valence-corrected chi connectivity index (χ0v) is 19.1. The zero-order valence-electron chi connectivity index (χ0n) is 18.3. The van der Waals surface area contributed by atoms with Gasteiger partial charge in [0.15, 0.2) is 9.84 Å². The summed E-state index contributed by atoms with van der Waals surface area (Å²) in [6.07, 6.45) is -0.503. The van der Waals surface area contributed by atoms with Crippen molar-refractivity contribution in [1.29, 1.82) is 0 Å². The van der Waals surface area contributed by atoms with Gasteiger partial charge in [0.1, 0.15) is 11.4 Å². The molecule has 0 aliphatic rings. The van der Waals surface area contributed by atoms with Crippen molar-refractivity contribution >= 4 is 27.3 Å². The summed E-state index contributed by atoms with van der Waals surface area (Å²) in [6.45, 7) is -0.296. The fourth-order valence-corrected chi connectivity index (χ4v) is 3.77. The highest BCUT2D eigenvalue weighted by Gasteiger charge is 2.22. The van der Waals surface area contributed by atoms with Crippen LogP contribution < -0.4 is 10.6 Å². The van der Waals surface area contributed by atoms with Crippen LogP contribution in [0.4, 0.5) is 26.2 Å². The van der Waals surface area contributed by atoms with E-state index in [9.17, 15) is 22.3 Å². The molecule has 4 rings (SSSR count). The van der Waals surface area contributed by atoms with Gasteiger partial charge >= 0.3 is 6.43 Å². The van der Waals surface area contributed by atoms with Crippen LogP contribution in [0.2, 0.25) is 0 Å². The second kappa shape index (κ2) is 10.1. The van der Waals surface area contributed by atoms with Crippen LogP contribution in [0.1, 0.15) is 23.9 Å². The molecule has 0 aliphatic heterocycles. The molecule has 0 spiro atoms. The molecule has 2 aromatic heterocycles. The number of nitrogens with zero attached hydrogens (tertiary/aromatic N) is 4. The number of aliphatic hydroxyl groups excluding tert-OH is 1. The molecule has 2 heterocycles. The molecule has 1 atom stereocenters. The molecule has 13 heteroatoms. The number of anilines is 3. The number of hydrogen-bond acceptors (Lipinski definition) is 10. The van der Waals surface area contributed by atoms with Crippen LogP contribution in [0.15, 0.2) is 70.2 Å². The largest absolute Gasteiger partial charge is 0.394 e. The zero-order chi connectivity index (χ0) is 25.0. The van der Waals surface area contributed by atoms with Crippen LogP contribution in [0.25, 0.3) is 11.5 Å². The molecule has 3 N–H and O–H groups in total. The minimum atomic E-state index is -3.35. The predicted octanol–water partition coefficient (Wildman–Crippen LogP) is 3.76. The van der Waals surface area contributed by atoms with Gasteiger partial charge in [0.2, 0.25) is 11.8 Å². The van der Waals surface area contributed by atoms with Gasteiger partial charge in [-0.1, -0.05) is 35.5 Å². The maximum atomic E-state index is 13.0. The van der Waals surface area contributed by atoms with Gasteiger partial charge in [-0.2, -0.15) is 9.97 Å². The van der Waals surface area contributed by atoms with Crippen LogP contribution in [0, 0.1) is 0 Å². The van der Waals surface area contributed by atoms with Crippen molar-refractivity contribution in [2.45, 2.75) is 17.4 Å². The Morgan fingerprint density at radius 1 is 1.06 bits per heavy atom. The normalized spacial score (nSPS) is 12.5. The van der Waals surface area contributed by atoms with Crippen molar-refractivity contribution in [3.8, 4) is 11.5 Å². The molecular formula is C22H20F2N6O4S. The fourth-order valence-electron chi connectivity index (χ4n) is 3.14. The Hall–Kier alpha value is -3.97. The summed E-state index contributed by atoms with van der Waals surface area (Å²) in [5, 5.41) is 19.2. The van der Waals surface area contributed by atoms with E-state index in [2.05, 4.69) is 30.7 Å². The Balaban J connectivity index is 1.69. The van der Waals surface area contributed by atoms with Gasteiger partial charge in [-0.15, -0.1) is 0 Å². The first kappa shape index (κ1) is 24.2. The lowest BCUT2D eigenvalue weighted by Crippen LogP contribution is -2.17. The second-order valence-corrected chi connectivity index (χ2v) is 9.44. The number of aliphatic hydroxyl groups is 1. The minimum absolute atomic E-state index is 0.113. The summed E-state index contributed by atoms with van der Waals surface area (Å²) >= 11 is 0. The first-order valence-corrected chi connectivity index (χ1v) is 12.1. The molecule has 0 radical (unpaired) electrons. The summed E-state index contributed by atoms with van der Waals surface area (Å²) in [5.41, 5.74) is 1.41. The molecule has 0 aliphatic carbocycles. The highest BCUT2D eigenvalue weighted by Crippen LogP contribution is 2.30. The van der Waals surface area contributed by atoms with Crippen LogP contribution in [-0.2, 0) is 9.84 Å². The monoisotopic (exact) mass is 502 g/mol. The van der Waals surface area contributed by atoms with Gasteiger partial charge in [-0.25, -0.2) is 22.2 Å². The lowest BCUT2D eigenvalue weighted by molar-refractivity contribution is 0.136. The number of alkyl halides is 2. The quantitative estimate of drug-likeness (QED) is 0.309. The summed E-state index contributed by atoms with van der Waals surface area (Å²) in [6, 6.07) is 14.4. The smallest absolute Gasteiger partial charge is 0.300 e. The van der Waals surface area contributed by atoms with Crippen molar-refractivity contribution in [2.24, 2.45) is 0 Å². The SMILES string of the molecule is CS(=O)(=O)c1ccc(Nc2ncc(-c3nc(C(F)F)no3)c(N[C@H](CO)c3ccccc3)n2)cc1. The number of rotatable bonds is 9. The van der Waals surface area contributed by atoms with Crippen molar-refractivity contribution in [3.63, 3.8) is 0 Å². The van der Waals surface area contributed by atoms with E-state index < -0.39 is 28.1 Å². The Labute approximate surface area is 199 Å². The maximum absolute atomic E-state index is 13.0. The fraction of sp³-hybridized carbons (Fsp3) is 0.182. The van der Waals surface area contributed by atoms with E-state index in [0.29, 0.717) is 5.69 Å². The second-order valence-electron chi connectivity index (χ2n) is 7.43. The molecule has 4 aromatic rings. The number of hydrogen-bond donors (Lipinski definition) is 3. The van der Waals surface area contributed by atoms with Crippen LogP contribution >= 0.6 is 0 Å². The standard InChI is InChI=1S/C22H20F2N6O4S/c1-35(32,33)15-9-7-14(8-10-15)26-22-25-11-16(21-28-20(18(23)24)30-34-21)19(29-22)27-17(12-31)13-5-3-2-4-6-13/h2-11,17-18,31H,12H2,1H3,(H2,25,26,27,29)/t17-/m1/s1. The van der Waals surface area contributed by atoms with E-state index in [-0.39, 0.29) is 34.7 Å². The lowest BCUT2D eigenvalue weighted by Gasteiger charge is -2.19. The van der Waals surface area contributed by atoms with Crippen LogP contribution in [0.5, 0.6) is 0 Å². The van der Waals surface area contributed by atoms with Gasteiger partial charge in [0.05, 0.1) is 17.5 Å². The van der Waals surface area contributed by atoms with Gasteiger partial charge in [0.25, 0.3) is 5.89 Å². The van der Waals surface area contributed by atoms with Gasteiger partial charge < -0.3 is 20.3 Å². The molecule has 10 nitrogen and oxygen atoms in total. The highest BCUT2D eigenvalue weighted by atomic mass is 32.2. The van der Waals surface area contributed by atoms with Gasteiger partial charge in [-0.05, 0) is 29.8 Å². The third-order valence-corrected chi connectivity index (χ3v) is 6.02. The molecular weight excluding hydrogens is 482 g/mol. The molecule has 2 aromatic carbocycles. The third-order valence-electron chi connectivity index (χ3n) is 4.89. The Morgan fingerprint density at radius 2 is 1.77 bits per heavy atom. The average molecular weight is 503 g/mol. The summed E-state index contributed by atoms with van der Waals surface area (Å²) in [7, 11) is -3.35. The van der Waals surface area contributed by atoms with Gasteiger partial charge in [0, 0.05) is 18.1 Å². The van der Waals surface area contributed by atoms with E-state index in [4.69, 9.17) is 4.52 Å². The van der Waals surface area contributed by atoms with E-state index in [1.54, 1.807) is 36.4 Å². The molecule has 0 bridgehead atoms. The summed E-state index contributed by atoms with van der Waals surface area (Å²) in [5.74, 6) is -0.748. The highest BCUT2D eigenvalue weighted by molar-refractivity contribution is 7.90. The Bertz CT molecular complexity index is 1400. The van der Waals surface area contributed by atoms with E-state index in [1.165, 1.54) is 18.3 Å².